The predicted octanol–water partition coefficient (Wildman–Crippen LogP) is 3.79. The Morgan fingerprint density at radius 1 is 1.07 bits per heavy atom. The number of fused-ring (bicyclic) bond motifs is 1. The van der Waals surface area contributed by atoms with E-state index in [9.17, 15) is 9.59 Å². The number of carbonyl (C=O) groups is 1. The molecule has 3 rings (SSSR count). The third kappa shape index (κ3) is 4.11. The van der Waals surface area contributed by atoms with Crippen molar-refractivity contribution in [2.45, 2.75) is 20.8 Å². The van der Waals surface area contributed by atoms with Crippen molar-refractivity contribution < 1.29 is 9.21 Å². The Morgan fingerprint density at radius 2 is 1.79 bits per heavy atom. The van der Waals surface area contributed by atoms with Gasteiger partial charge in [-0.05, 0) is 51.1 Å². The molecule has 0 radical (unpaired) electrons. The van der Waals surface area contributed by atoms with Gasteiger partial charge in [0.25, 0.3) is 5.91 Å². The van der Waals surface area contributed by atoms with E-state index in [0.717, 1.165) is 24.2 Å². The monoisotopic (exact) mass is 377 g/mol. The molecule has 6 nitrogen and oxygen atoms in total. The van der Waals surface area contributed by atoms with Crippen LogP contribution in [0.2, 0.25) is 0 Å². The van der Waals surface area contributed by atoms with Crippen LogP contribution in [0, 0.1) is 0 Å². The number of nitrogens with one attached hydrogen (secondary N) is 1. The molecule has 28 heavy (non-hydrogen) atoms. The van der Waals surface area contributed by atoms with Gasteiger partial charge in [-0.25, -0.2) is 10.2 Å². The van der Waals surface area contributed by atoms with Crippen molar-refractivity contribution in [1.29, 1.82) is 0 Å². The molecule has 1 amide bonds. The second kappa shape index (κ2) is 8.52. The van der Waals surface area contributed by atoms with Gasteiger partial charge in [-0.15, -0.1) is 0 Å². The topological polar surface area (TPSA) is 74.9 Å². The number of nitrogens with zero attached hydrogens (tertiary/aromatic N) is 2. The number of amides is 1. The lowest BCUT2D eigenvalue weighted by Gasteiger charge is -2.21. The summed E-state index contributed by atoms with van der Waals surface area (Å²) >= 11 is 0. The lowest BCUT2D eigenvalue weighted by molar-refractivity contribution is 0.0955. The van der Waals surface area contributed by atoms with E-state index >= 15 is 0 Å². The number of hydrogen-bond acceptors (Lipinski definition) is 5. The summed E-state index contributed by atoms with van der Waals surface area (Å²) in [5.41, 5.74) is 4.71. The molecule has 3 aromatic rings. The SMILES string of the molecule is CCN(CC)c1ccc2cc(C(C)=NNC(=O)c3ccccc3)c(=O)oc2c1. The van der Waals surface area contributed by atoms with E-state index in [1.165, 1.54) is 0 Å². The van der Waals surface area contributed by atoms with Crippen molar-refractivity contribution in [2.75, 3.05) is 18.0 Å². The van der Waals surface area contributed by atoms with Gasteiger partial charge in [-0.2, -0.15) is 5.10 Å². The zero-order valence-electron chi connectivity index (χ0n) is 16.2. The summed E-state index contributed by atoms with van der Waals surface area (Å²) in [6.07, 6.45) is 0. The number of rotatable bonds is 6. The fourth-order valence-corrected chi connectivity index (χ4v) is 2.99. The highest BCUT2D eigenvalue weighted by Crippen LogP contribution is 2.22. The first kappa shape index (κ1) is 19.4. The predicted molar refractivity (Wildman–Crippen MR) is 112 cm³/mol. The van der Waals surface area contributed by atoms with Crippen LogP contribution in [-0.4, -0.2) is 24.7 Å². The number of hydrogen-bond donors (Lipinski definition) is 1. The lowest BCUT2D eigenvalue weighted by atomic mass is 10.1. The first-order valence-electron chi connectivity index (χ1n) is 9.26. The number of benzene rings is 2. The molecule has 1 N–H and O–H groups in total. The normalized spacial score (nSPS) is 11.5. The summed E-state index contributed by atoms with van der Waals surface area (Å²) in [4.78, 5) is 26.7. The third-order valence-corrected chi connectivity index (χ3v) is 4.60. The molecule has 0 bridgehead atoms. The fourth-order valence-electron chi connectivity index (χ4n) is 2.99. The van der Waals surface area contributed by atoms with Crippen LogP contribution in [0.3, 0.4) is 0 Å². The molecule has 6 heteroatoms. The van der Waals surface area contributed by atoms with E-state index in [1.807, 2.05) is 24.3 Å². The van der Waals surface area contributed by atoms with E-state index in [0.29, 0.717) is 22.4 Å². The molecule has 0 aliphatic carbocycles. The summed E-state index contributed by atoms with van der Waals surface area (Å²) in [7, 11) is 0. The lowest BCUT2D eigenvalue weighted by Crippen LogP contribution is -2.22. The molecule has 0 saturated carbocycles. The highest BCUT2D eigenvalue weighted by atomic mass is 16.4. The van der Waals surface area contributed by atoms with E-state index < -0.39 is 5.63 Å². The summed E-state index contributed by atoms with van der Waals surface area (Å²) in [5.74, 6) is -0.339. The highest BCUT2D eigenvalue weighted by molar-refractivity contribution is 6.02. The Morgan fingerprint density at radius 3 is 2.46 bits per heavy atom. The van der Waals surface area contributed by atoms with Crippen LogP contribution in [0.25, 0.3) is 11.0 Å². The first-order chi connectivity index (χ1) is 13.5. The molecule has 0 spiro atoms. The highest BCUT2D eigenvalue weighted by Gasteiger charge is 2.11. The number of hydrazone groups is 1. The van der Waals surface area contributed by atoms with Gasteiger partial charge in [-0.3, -0.25) is 4.79 Å². The average Bonchev–Trinajstić information content (AvgIpc) is 2.72. The molecule has 144 valence electrons. The van der Waals surface area contributed by atoms with Crippen LogP contribution in [0.15, 0.2) is 68.9 Å². The van der Waals surface area contributed by atoms with Crippen LogP contribution < -0.4 is 16.0 Å². The maximum absolute atomic E-state index is 12.4. The second-order valence-corrected chi connectivity index (χ2v) is 6.35. The molecule has 0 saturated heterocycles. The summed E-state index contributed by atoms with van der Waals surface area (Å²) in [6.45, 7) is 7.56. The summed E-state index contributed by atoms with van der Waals surface area (Å²) < 4.78 is 5.51. The van der Waals surface area contributed by atoms with E-state index in [4.69, 9.17) is 4.42 Å². The average molecular weight is 377 g/mol. The Kier molecular flexibility index (Phi) is 5.89. The van der Waals surface area contributed by atoms with E-state index in [1.54, 1.807) is 37.3 Å². The minimum absolute atomic E-state index is 0.316. The number of anilines is 1. The number of carbonyl (C=O) groups excluding carboxylic acids is 1. The Balaban J connectivity index is 1.88. The quantitative estimate of drug-likeness (QED) is 0.403. The van der Waals surface area contributed by atoms with Gasteiger partial charge < -0.3 is 9.32 Å². The molecule has 1 aromatic heterocycles. The van der Waals surface area contributed by atoms with Crippen molar-refractivity contribution in [1.82, 2.24) is 5.43 Å². The van der Waals surface area contributed by atoms with Crippen LogP contribution in [0.5, 0.6) is 0 Å². The largest absolute Gasteiger partial charge is 0.422 e. The molecular weight excluding hydrogens is 354 g/mol. The Labute approximate surface area is 163 Å². The van der Waals surface area contributed by atoms with Crippen molar-refractivity contribution in [2.24, 2.45) is 5.10 Å². The van der Waals surface area contributed by atoms with Crippen LogP contribution in [-0.2, 0) is 0 Å². The molecular formula is C22H23N3O3. The maximum atomic E-state index is 12.4. The van der Waals surface area contributed by atoms with Crippen LogP contribution in [0.4, 0.5) is 5.69 Å². The molecule has 0 aliphatic heterocycles. The molecule has 2 aromatic carbocycles. The van der Waals surface area contributed by atoms with Crippen molar-refractivity contribution in [3.05, 3.63) is 76.1 Å². The van der Waals surface area contributed by atoms with E-state index in [-0.39, 0.29) is 5.91 Å². The van der Waals surface area contributed by atoms with Crippen molar-refractivity contribution in [3.8, 4) is 0 Å². The third-order valence-electron chi connectivity index (χ3n) is 4.60. The van der Waals surface area contributed by atoms with Crippen molar-refractivity contribution in [3.63, 3.8) is 0 Å². The Bertz CT molecular complexity index is 1070. The molecule has 0 fully saturated rings. The molecule has 1 heterocycles. The Hall–Kier alpha value is -3.41. The van der Waals surface area contributed by atoms with Gasteiger partial charge in [0.05, 0.1) is 11.3 Å². The van der Waals surface area contributed by atoms with Crippen LogP contribution in [0.1, 0.15) is 36.7 Å². The van der Waals surface area contributed by atoms with Gasteiger partial charge in [0.2, 0.25) is 0 Å². The smallest absolute Gasteiger partial charge is 0.345 e. The minimum atomic E-state index is -0.487. The summed E-state index contributed by atoms with van der Waals surface area (Å²) in [6, 6.07) is 16.3. The van der Waals surface area contributed by atoms with E-state index in [2.05, 4.69) is 29.3 Å². The van der Waals surface area contributed by atoms with Gasteiger partial charge >= 0.3 is 5.63 Å². The van der Waals surface area contributed by atoms with Gasteiger partial charge in [-0.1, -0.05) is 18.2 Å². The fraction of sp³-hybridized carbons (Fsp3) is 0.227. The zero-order chi connectivity index (χ0) is 20.1. The standard InChI is InChI=1S/C22H23N3O3/c1-4-25(5-2)18-12-11-17-13-19(22(27)28-20(17)14-18)15(3)23-24-21(26)16-9-7-6-8-10-16/h6-14H,4-5H2,1-3H3,(H,24,26). The molecule has 0 atom stereocenters. The van der Waals surface area contributed by atoms with Gasteiger partial charge in [0, 0.05) is 35.8 Å². The van der Waals surface area contributed by atoms with Crippen LogP contribution >= 0.6 is 0 Å². The zero-order valence-corrected chi connectivity index (χ0v) is 16.2. The van der Waals surface area contributed by atoms with Crippen molar-refractivity contribution >= 4 is 28.3 Å². The van der Waals surface area contributed by atoms with Gasteiger partial charge in [0.1, 0.15) is 5.58 Å². The molecule has 0 unspecified atom stereocenters. The maximum Gasteiger partial charge on any atom is 0.345 e. The van der Waals surface area contributed by atoms with Gasteiger partial charge in [0.15, 0.2) is 0 Å². The molecule has 0 aliphatic rings. The minimum Gasteiger partial charge on any atom is -0.422 e. The first-order valence-corrected chi connectivity index (χ1v) is 9.26. The second-order valence-electron chi connectivity index (χ2n) is 6.35. The summed E-state index contributed by atoms with van der Waals surface area (Å²) in [5, 5.41) is 4.86.